The van der Waals surface area contributed by atoms with Crippen LogP contribution in [0.1, 0.15) is 11.1 Å². The molecule has 1 aromatic heterocycles. The summed E-state index contributed by atoms with van der Waals surface area (Å²) in [6.07, 6.45) is 1.47. The van der Waals surface area contributed by atoms with E-state index in [0.717, 1.165) is 14.4 Å². The summed E-state index contributed by atoms with van der Waals surface area (Å²) in [5.74, 6) is 1.07. The molecule has 7 nitrogen and oxygen atoms in total. The van der Waals surface area contributed by atoms with E-state index in [0.29, 0.717) is 15.8 Å². The molecule has 0 saturated heterocycles. The van der Waals surface area contributed by atoms with Crippen LogP contribution in [0.15, 0.2) is 60.7 Å². The maximum atomic E-state index is 12.0. The number of aromatic nitrogens is 2. The Morgan fingerprint density at radius 1 is 1.27 bits per heavy atom. The molecule has 0 aliphatic rings. The highest BCUT2D eigenvalue weighted by atomic mass is 79.9. The number of halogens is 1. The number of hydrogen-bond acceptors (Lipinski definition) is 9. The Bertz CT molecular complexity index is 1030. The highest BCUT2D eigenvalue weighted by Crippen LogP contribution is 2.34. The second-order valence-electron chi connectivity index (χ2n) is 5.74. The van der Waals surface area contributed by atoms with Crippen molar-refractivity contribution in [1.29, 1.82) is 0 Å². The van der Waals surface area contributed by atoms with Crippen LogP contribution in [0.3, 0.4) is 0 Å². The minimum atomic E-state index is -0.255. The molecule has 1 heterocycles. The van der Waals surface area contributed by atoms with Gasteiger partial charge in [-0.2, -0.15) is 5.10 Å². The van der Waals surface area contributed by atoms with Gasteiger partial charge in [0.2, 0.25) is 0 Å². The number of benzene rings is 2. The lowest BCUT2D eigenvalue weighted by Crippen LogP contribution is -2.19. The summed E-state index contributed by atoms with van der Waals surface area (Å²) in [5.41, 5.74) is 4.35. The first-order valence-corrected chi connectivity index (χ1v) is 12.1. The topological polar surface area (TPSA) is 96.7 Å². The van der Waals surface area contributed by atoms with Gasteiger partial charge in [0.25, 0.3) is 5.91 Å². The molecule has 0 aliphatic carbocycles. The molecular formula is C19H17BrN4O3S3. The van der Waals surface area contributed by atoms with Crippen LogP contribution >= 0.6 is 50.8 Å². The van der Waals surface area contributed by atoms with Crippen LogP contribution in [0.2, 0.25) is 0 Å². The summed E-state index contributed by atoms with van der Waals surface area (Å²) in [5, 5.41) is 22.0. The predicted molar refractivity (Wildman–Crippen MR) is 125 cm³/mol. The molecule has 3 aromatic rings. The Morgan fingerprint density at radius 2 is 2.00 bits per heavy atom. The van der Waals surface area contributed by atoms with E-state index in [1.807, 2.05) is 18.2 Å². The third-order valence-electron chi connectivity index (χ3n) is 3.59. The second-order valence-corrected chi connectivity index (χ2v) is 10.0. The molecule has 0 aliphatic heterocycles. The predicted octanol–water partition coefficient (Wildman–Crippen LogP) is 4.55. The normalized spacial score (nSPS) is 11.0. The van der Waals surface area contributed by atoms with Gasteiger partial charge in [-0.1, -0.05) is 65.2 Å². The van der Waals surface area contributed by atoms with Crippen LogP contribution in [0.25, 0.3) is 0 Å². The maximum absolute atomic E-state index is 12.0. The van der Waals surface area contributed by atoms with Gasteiger partial charge in [0.05, 0.1) is 23.5 Å². The number of hydrazone groups is 1. The summed E-state index contributed by atoms with van der Waals surface area (Å²) in [7, 11) is 1.46. The van der Waals surface area contributed by atoms with Gasteiger partial charge in [-0.05, 0) is 39.2 Å². The minimum absolute atomic E-state index is 0.00782. The van der Waals surface area contributed by atoms with Gasteiger partial charge in [0.1, 0.15) is 0 Å². The third kappa shape index (κ3) is 6.73. The summed E-state index contributed by atoms with van der Waals surface area (Å²) < 4.78 is 7.15. The van der Waals surface area contributed by atoms with E-state index in [-0.39, 0.29) is 17.4 Å². The lowest BCUT2D eigenvalue weighted by molar-refractivity contribution is -0.118. The molecule has 11 heteroatoms. The third-order valence-corrected chi connectivity index (χ3v) is 7.46. The Balaban J connectivity index is 1.44. The molecule has 0 bridgehead atoms. The largest absolute Gasteiger partial charge is 0.503 e. The number of aromatic hydroxyl groups is 1. The quantitative estimate of drug-likeness (QED) is 0.240. The second kappa shape index (κ2) is 11.3. The zero-order chi connectivity index (χ0) is 21.3. The molecule has 0 saturated carbocycles. The molecule has 0 fully saturated rings. The lowest BCUT2D eigenvalue weighted by Gasteiger charge is -2.06. The van der Waals surface area contributed by atoms with Gasteiger partial charge >= 0.3 is 0 Å². The van der Waals surface area contributed by atoms with Crippen molar-refractivity contribution >= 4 is 62.9 Å². The number of rotatable bonds is 9. The van der Waals surface area contributed by atoms with Crippen LogP contribution < -0.4 is 10.2 Å². The Labute approximate surface area is 194 Å². The molecule has 0 atom stereocenters. The molecule has 1 amide bonds. The summed E-state index contributed by atoms with van der Waals surface area (Å²) in [4.78, 5) is 12.0. The zero-order valence-corrected chi connectivity index (χ0v) is 19.8. The maximum Gasteiger partial charge on any atom is 0.250 e. The fourth-order valence-corrected chi connectivity index (χ4v) is 5.42. The van der Waals surface area contributed by atoms with Crippen molar-refractivity contribution in [2.45, 2.75) is 14.4 Å². The summed E-state index contributed by atoms with van der Waals surface area (Å²) in [6.45, 7) is 0. The minimum Gasteiger partial charge on any atom is -0.503 e. The molecular weight excluding hydrogens is 508 g/mol. The van der Waals surface area contributed by atoms with E-state index in [2.05, 4.69) is 48.8 Å². The van der Waals surface area contributed by atoms with Crippen LogP contribution in [-0.4, -0.2) is 40.3 Å². The number of nitrogens with zero attached hydrogens (tertiary/aromatic N) is 3. The highest BCUT2D eigenvalue weighted by molar-refractivity contribution is 9.10. The average Bonchev–Trinajstić information content (AvgIpc) is 3.22. The number of carbonyl (C=O) groups is 1. The van der Waals surface area contributed by atoms with E-state index < -0.39 is 0 Å². The van der Waals surface area contributed by atoms with Gasteiger partial charge in [-0.25, -0.2) is 5.43 Å². The molecule has 0 spiro atoms. The first-order chi connectivity index (χ1) is 14.5. The zero-order valence-electron chi connectivity index (χ0n) is 15.7. The smallest absolute Gasteiger partial charge is 0.250 e. The number of amides is 1. The molecule has 0 radical (unpaired) electrons. The highest BCUT2D eigenvalue weighted by Gasteiger charge is 2.09. The van der Waals surface area contributed by atoms with Crippen molar-refractivity contribution in [3.63, 3.8) is 0 Å². The Hall–Kier alpha value is -2.08. The van der Waals surface area contributed by atoms with Gasteiger partial charge < -0.3 is 9.84 Å². The van der Waals surface area contributed by atoms with Crippen LogP contribution in [0.5, 0.6) is 11.5 Å². The number of ether oxygens (including phenoxy) is 1. The number of phenols is 1. The van der Waals surface area contributed by atoms with Gasteiger partial charge in [-0.3, -0.25) is 4.79 Å². The van der Waals surface area contributed by atoms with E-state index in [4.69, 9.17) is 4.74 Å². The number of phenolic OH excluding ortho intramolecular Hbond substituents is 1. The fraction of sp³-hybridized carbons (Fsp3) is 0.158. The van der Waals surface area contributed by atoms with Crippen molar-refractivity contribution in [3.8, 4) is 11.5 Å². The number of thioether (sulfide) groups is 2. The van der Waals surface area contributed by atoms with Crippen molar-refractivity contribution in [3.05, 3.63) is 58.1 Å². The number of hydrogen-bond donors (Lipinski definition) is 2. The molecule has 2 aromatic carbocycles. The first-order valence-electron chi connectivity index (χ1n) is 8.56. The van der Waals surface area contributed by atoms with Crippen LogP contribution in [0.4, 0.5) is 0 Å². The van der Waals surface area contributed by atoms with E-state index >= 15 is 0 Å². The van der Waals surface area contributed by atoms with Crippen molar-refractivity contribution < 1.29 is 14.6 Å². The van der Waals surface area contributed by atoms with E-state index in [1.54, 1.807) is 23.9 Å². The van der Waals surface area contributed by atoms with E-state index in [9.17, 15) is 9.90 Å². The van der Waals surface area contributed by atoms with Gasteiger partial charge in [0, 0.05) is 5.75 Å². The number of nitrogens with one attached hydrogen (secondary N) is 1. The molecule has 156 valence electrons. The van der Waals surface area contributed by atoms with Crippen molar-refractivity contribution in [2.24, 2.45) is 5.10 Å². The van der Waals surface area contributed by atoms with Crippen LogP contribution in [-0.2, 0) is 10.5 Å². The average molecular weight is 525 g/mol. The standard InChI is InChI=1S/C19H17BrN4O3S3/c1-27-15-8-13(7-14(20)17(15)26)9-21-22-16(25)11-29-19-24-23-18(30-19)28-10-12-5-3-2-4-6-12/h2-9,26H,10-11H2,1H3,(H,22,25)/b21-9-. The Morgan fingerprint density at radius 3 is 2.73 bits per heavy atom. The fourth-order valence-electron chi connectivity index (χ4n) is 2.20. The van der Waals surface area contributed by atoms with Gasteiger partial charge in [-0.15, -0.1) is 10.2 Å². The number of methoxy groups -OCH3 is 1. The first kappa shape index (κ1) is 22.6. The molecule has 0 unspecified atom stereocenters. The molecule has 30 heavy (non-hydrogen) atoms. The van der Waals surface area contributed by atoms with Crippen LogP contribution in [0, 0.1) is 0 Å². The molecule has 3 rings (SSSR count). The summed E-state index contributed by atoms with van der Waals surface area (Å²) >= 11 is 7.64. The number of carbonyl (C=O) groups excluding carboxylic acids is 1. The SMILES string of the molecule is COc1cc(/C=N\NC(=O)CSc2nnc(SCc3ccccc3)s2)cc(Br)c1O. The van der Waals surface area contributed by atoms with Gasteiger partial charge in [0.15, 0.2) is 20.2 Å². The van der Waals surface area contributed by atoms with E-state index in [1.165, 1.54) is 42.0 Å². The summed E-state index contributed by atoms with van der Waals surface area (Å²) in [6, 6.07) is 13.4. The Kier molecular flexibility index (Phi) is 8.55. The van der Waals surface area contributed by atoms with Crippen molar-refractivity contribution in [1.82, 2.24) is 15.6 Å². The molecule has 2 N–H and O–H groups in total. The lowest BCUT2D eigenvalue weighted by atomic mass is 10.2. The monoisotopic (exact) mass is 524 g/mol. The van der Waals surface area contributed by atoms with Crippen molar-refractivity contribution in [2.75, 3.05) is 12.9 Å².